The summed E-state index contributed by atoms with van der Waals surface area (Å²) in [5.41, 5.74) is 0.236. The predicted octanol–water partition coefficient (Wildman–Crippen LogP) is 3.81. The zero-order valence-electron chi connectivity index (χ0n) is 10.6. The van der Waals surface area contributed by atoms with E-state index in [0.29, 0.717) is 6.54 Å². The molecule has 94 valence electrons. The van der Waals surface area contributed by atoms with E-state index < -0.39 is 0 Å². The van der Waals surface area contributed by atoms with E-state index in [0.717, 1.165) is 3.79 Å². The van der Waals surface area contributed by atoms with Crippen LogP contribution in [0.1, 0.15) is 32.6 Å². The Morgan fingerprint density at radius 1 is 1.35 bits per heavy atom. The number of amides is 1. The lowest BCUT2D eigenvalue weighted by molar-refractivity contribution is -0.123. The van der Waals surface area contributed by atoms with Crippen molar-refractivity contribution in [3.8, 4) is 0 Å². The number of carbonyl (C=O) groups excluding carboxylic acids is 1. The molecule has 0 saturated heterocycles. The Hall–Kier alpha value is -0.350. The molecule has 2 nitrogen and oxygen atoms in total. The second-order valence-electron chi connectivity index (χ2n) is 5.80. The summed E-state index contributed by atoms with van der Waals surface area (Å²) < 4.78 is 1.11. The molecule has 0 spiro atoms. The maximum atomic E-state index is 12.1. The Morgan fingerprint density at radius 2 is 1.94 bits per heavy atom. The summed E-state index contributed by atoms with van der Waals surface area (Å²) in [4.78, 5) is 13.3. The van der Waals surface area contributed by atoms with E-state index >= 15 is 0 Å². The van der Waals surface area contributed by atoms with Crippen LogP contribution in [0.2, 0.25) is 0 Å². The van der Waals surface area contributed by atoms with E-state index in [9.17, 15) is 4.79 Å². The molecule has 1 fully saturated rings. The molecule has 0 aromatic carbocycles. The van der Waals surface area contributed by atoms with Crippen molar-refractivity contribution in [2.24, 2.45) is 16.7 Å². The molecule has 1 amide bonds. The van der Waals surface area contributed by atoms with E-state index in [1.165, 1.54) is 4.88 Å². The molecular formula is C13H18BrNOS. The minimum absolute atomic E-state index is 0.118. The fraction of sp³-hybridized carbons (Fsp3) is 0.615. The molecule has 1 aromatic heterocycles. The highest BCUT2D eigenvalue weighted by Gasteiger charge is 2.68. The van der Waals surface area contributed by atoms with Gasteiger partial charge in [-0.1, -0.05) is 27.7 Å². The van der Waals surface area contributed by atoms with Gasteiger partial charge in [-0.05, 0) is 38.9 Å². The number of rotatable bonds is 3. The zero-order chi connectivity index (χ0) is 12.8. The van der Waals surface area contributed by atoms with Crippen molar-refractivity contribution in [3.63, 3.8) is 0 Å². The first-order chi connectivity index (χ1) is 7.76. The first-order valence-electron chi connectivity index (χ1n) is 5.79. The number of hydrogen-bond acceptors (Lipinski definition) is 2. The molecule has 0 atom stereocenters. The van der Waals surface area contributed by atoms with E-state index in [1.54, 1.807) is 11.3 Å². The highest BCUT2D eigenvalue weighted by atomic mass is 79.9. The van der Waals surface area contributed by atoms with Crippen molar-refractivity contribution < 1.29 is 4.79 Å². The van der Waals surface area contributed by atoms with Crippen LogP contribution in [0, 0.1) is 16.7 Å². The monoisotopic (exact) mass is 315 g/mol. The second-order valence-corrected chi connectivity index (χ2v) is 8.35. The molecule has 0 radical (unpaired) electrons. The Balaban J connectivity index is 1.92. The second kappa shape index (κ2) is 4.09. The topological polar surface area (TPSA) is 29.1 Å². The summed E-state index contributed by atoms with van der Waals surface area (Å²) in [6, 6.07) is 4.05. The third kappa shape index (κ3) is 2.17. The van der Waals surface area contributed by atoms with Crippen molar-refractivity contribution in [1.82, 2.24) is 5.32 Å². The normalized spacial score (nSPS) is 21.2. The molecule has 4 heteroatoms. The summed E-state index contributed by atoms with van der Waals surface area (Å²) in [5, 5.41) is 3.04. The summed E-state index contributed by atoms with van der Waals surface area (Å²) in [7, 11) is 0. The number of nitrogens with one attached hydrogen (secondary N) is 1. The van der Waals surface area contributed by atoms with Gasteiger partial charge in [-0.15, -0.1) is 11.3 Å². The molecule has 1 heterocycles. The predicted molar refractivity (Wildman–Crippen MR) is 74.9 cm³/mol. The van der Waals surface area contributed by atoms with Crippen molar-refractivity contribution in [2.45, 2.75) is 34.2 Å². The van der Waals surface area contributed by atoms with Crippen LogP contribution >= 0.6 is 27.3 Å². The van der Waals surface area contributed by atoms with Crippen LogP contribution < -0.4 is 5.32 Å². The van der Waals surface area contributed by atoms with Gasteiger partial charge in [0.25, 0.3) is 0 Å². The fourth-order valence-corrected chi connectivity index (χ4v) is 4.00. The number of halogens is 1. The van der Waals surface area contributed by atoms with Gasteiger partial charge in [-0.3, -0.25) is 4.79 Å². The lowest BCUT2D eigenvalue weighted by Gasteiger charge is -2.04. The lowest BCUT2D eigenvalue weighted by atomic mass is 10.0. The Kier molecular flexibility index (Phi) is 3.15. The van der Waals surface area contributed by atoms with Gasteiger partial charge in [0.15, 0.2) is 0 Å². The largest absolute Gasteiger partial charge is 0.351 e. The average Bonchev–Trinajstić information content (AvgIpc) is 2.54. The molecule has 0 aliphatic heterocycles. The van der Waals surface area contributed by atoms with Gasteiger partial charge in [0.05, 0.1) is 10.3 Å². The summed E-state index contributed by atoms with van der Waals surface area (Å²) >= 11 is 5.09. The van der Waals surface area contributed by atoms with Crippen molar-refractivity contribution in [2.75, 3.05) is 0 Å². The van der Waals surface area contributed by atoms with Crippen LogP contribution in [0.5, 0.6) is 0 Å². The molecule has 1 aliphatic rings. The summed E-state index contributed by atoms with van der Waals surface area (Å²) in [6.07, 6.45) is 0. The van der Waals surface area contributed by atoms with Crippen molar-refractivity contribution in [1.29, 1.82) is 0 Å². The van der Waals surface area contributed by atoms with Gasteiger partial charge in [-0.2, -0.15) is 0 Å². The van der Waals surface area contributed by atoms with Crippen LogP contribution in [0.4, 0.5) is 0 Å². The first kappa shape index (κ1) is 13.1. The average molecular weight is 316 g/mol. The molecule has 0 unspecified atom stereocenters. The Bertz CT molecular complexity index is 436. The molecule has 17 heavy (non-hydrogen) atoms. The SMILES string of the molecule is CC1(C)C(C(=O)NCc2ccc(Br)s2)C1(C)C. The van der Waals surface area contributed by atoms with Crippen LogP contribution in [0.3, 0.4) is 0 Å². The standard InChI is InChI=1S/C13H18BrNOS/c1-12(2)10(13(12,3)4)11(16)15-7-8-5-6-9(14)17-8/h5-6,10H,7H2,1-4H3,(H,15,16). The van der Waals surface area contributed by atoms with Gasteiger partial charge in [-0.25, -0.2) is 0 Å². The third-order valence-corrected chi connectivity index (χ3v) is 5.97. The molecule has 1 aliphatic carbocycles. The third-order valence-electron chi connectivity index (χ3n) is 4.35. The van der Waals surface area contributed by atoms with Crippen molar-refractivity contribution in [3.05, 3.63) is 20.8 Å². The van der Waals surface area contributed by atoms with Crippen LogP contribution in [-0.4, -0.2) is 5.91 Å². The van der Waals surface area contributed by atoms with E-state index in [-0.39, 0.29) is 22.7 Å². The van der Waals surface area contributed by atoms with Crippen LogP contribution in [-0.2, 0) is 11.3 Å². The zero-order valence-corrected chi connectivity index (χ0v) is 13.0. The van der Waals surface area contributed by atoms with Gasteiger partial charge < -0.3 is 5.32 Å². The molecule has 0 bridgehead atoms. The maximum Gasteiger partial charge on any atom is 0.224 e. The van der Waals surface area contributed by atoms with Gasteiger partial charge in [0, 0.05) is 10.8 Å². The molecule has 1 saturated carbocycles. The Morgan fingerprint density at radius 3 is 2.35 bits per heavy atom. The van der Waals surface area contributed by atoms with E-state index in [4.69, 9.17) is 0 Å². The number of carbonyl (C=O) groups is 1. The van der Waals surface area contributed by atoms with Gasteiger partial charge in [0.1, 0.15) is 0 Å². The number of hydrogen-bond donors (Lipinski definition) is 1. The first-order valence-corrected chi connectivity index (χ1v) is 7.39. The lowest BCUT2D eigenvalue weighted by Crippen LogP contribution is -2.26. The minimum Gasteiger partial charge on any atom is -0.351 e. The van der Waals surface area contributed by atoms with Crippen molar-refractivity contribution >= 4 is 33.2 Å². The van der Waals surface area contributed by atoms with Gasteiger partial charge in [0.2, 0.25) is 5.91 Å². The smallest absolute Gasteiger partial charge is 0.224 e. The highest BCUT2D eigenvalue weighted by Crippen LogP contribution is 2.68. The van der Waals surface area contributed by atoms with Gasteiger partial charge >= 0.3 is 0 Å². The Labute approximate surface area is 115 Å². The molecule has 1 aromatic rings. The summed E-state index contributed by atoms with van der Waals surface area (Å²) in [5.74, 6) is 0.322. The number of thiophene rings is 1. The highest BCUT2D eigenvalue weighted by molar-refractivity contribution is 9.11. The minimum atomic E-state index is 0.118. The molecular weight excluding hydrogens is 298 g/mol. The molecule has 2 rings (SSSR count). The fourth-order valence-electron chi connectivity index (χ4n) is 2.57. The van der Waals surface area contributed by atoms with E-state index in [2.05, 4.69) is 48.9 Å². The molecule has 1 N–H and O–H groups in total. The summed E-state index contributed by atoms with van der Waals surface area (Å²) in [6.45, 7) is 9.30. The van der Waals surface area contributed by atoms with Crippen LogP contribution in [0.15, 0.2) is 15.9 Å². The quantitative estimate of drug-likeness (QED) is 0.903. The van der Waals surface area contributed by atoms with E-state index in [1.807, 2.05) is 12.1 Å². The maximum absolute atomic E-state index is 12.1. The van der Waals surface area contributed by atoms with Crippen LogP contribution in [0.25, 0.3) is 0 Å².